The molecule has 1 aromatic heterocycles. The van der Waals surface area contributed by atoms with Crippen molar-refractivity contribution in [1.82, 2.24) is 9.55 Å². The molecule has 3 nitrogen and oxygen atoms in total. The minimum absolute atomic E-state index is 0.177. The second-order valence-electron chi connectivity index (χ2n) is 4.61. The van der Waals surface area contributed by atoms with Crippen molar-refractivity contribution in [2.75, 3.05) is 0 Å². The Balaban J connectivity index is 2.22. The van der Waals surface area contributed by atoms with Crippen LogP contribution in [-0.4, -0.2) is 9.55 Å². The monoisotopic (exact) mass is 284 g/mol. The van der Waals surface area contributed by atoms with Gasteiger partial charge in [0.2, 0.25) is 0 Å². The third-order valence-corrected chi connectivity index (χ3v) is 3.67. The third kappa shape index (κ3) is 2.17. The first kappa shape index (κ1) is 12.8. The molecule has 1 heterocycles. The SMILES string of the molecule is Cc1ccc(-n2c(-c3ccccc3)c[nH]c2=O)cc1Cl. The summed E-state index contributed by atoms with van der Waals surface area (Å²) in [5, 5.41) is 0.648. The molecular formula is C16H13ClN2O. The van der Waals surface area contributed by atoms with Crippen LogP contribution in [0.4, 0.5) is 0 Å². The van der Waals surface area contributed by atoms with E-state index >= 15 is 0 Å². The van der Waals surface area contributed by atoms with Gasteiger partial charge in [-0.1, -0.05) is 48.0 Å². The summed E-state index contributed by atoms with van der Waals surface area (Å²) in [6.45, 7) is 1.93. The van der Waals surface area contributed by atoms with Gasteiger partial charge in [-0.05, 0) is 24.6 Å². The van der Waals surface area contributed by atoms with Gasteiger partial charge in [0.25, 0.3) is 0 Å². The first-order valence-corrected chi connectivity index (χ1v) is 6.67. The van der Waals surface area contributed by atoms with Crippen molar-refractivity contribution in [2.24, 2.45) is 0 Å². The largest absolute Gasteiger partial charge is 0.330 e. The summed E-state index contributed by atoms with van der Waals surface area (Å²) in [5.41, 5.74) is 3.35. The highest BCUT2D eigenvalue weighted by molar-refractivity contribution is 6.31. The van der Waals surface area contributed by atoms with Crippen LogP contribution < -0.4 is 5.69 Å². The lowest BCUT2D eigenvalue weighted by Crippen LogP contribution is -2.15. The molecule has 0 radical (unpaired) electrons. The van der Waals surface area contributed by atoms with Crippen LogP contribution in [0.5, 0.6) is 0 Å². The van der Waals surface area contributed by atoms with Crippen molar-refractivity contribution in [3.63, 3.8) is 0 Å². The normalized spacial score (nSPS) is 10.7. The van der Waals surface area contributed by atoms with E-state index in [9.17, 15) is 4.79 Å². The zero-order chi connectivity index (χ0) is 14.1. The highest BCUT2D eigenvalue weighted by atomic mass is 35.5. The van der Waals surface area contributed by atoms with Gasteiger partial charge < -0.3 is 4.98 Å². The van der Waals surface area contributed by atoms with Crippen LogP contribution in [0.1, 0.15) is 5.56 Å². The second kappa shape index (κ2) is 5.02. The topological polar surface area (TPSA) is 37.8 Å². The molecule has 0 bridgehead atoms. The van der Waals surface area contributed by atoms with Gasteiger partial charge in [0, 0.05) is 16.8 Å². The van der Waals surface area contributed by atoms with Crippen LogP contribution in [0.2, 0.25) is 5.02 Å². The first-order chi connectivity index (χ1) is 9.66. The molecule has 100 valence electrons. The quantitative estimate of drug-likeness (QED) is 0.764. The van der Waals surface area contributed by atoms with E-state index in [1.807, 2.05) is 49.4 Å². The Morgan fingerprint density at radius 3 is 2.55 bits per heavy atom. The number of hydrogen-bond donors (Lipinski definition) is 1. The lowest BCUT2D eigenvalue weighted by molar-refractivity contribution is 0.992. The maximum Gasteiger partial charge on any atom is 0.330 e. The minimum Gasteiger partial charge on any atom is -0.312 e. The zero-order valence-corrected chi connectivity index (χ0v) is 11.7. The predicted octanol–water partition coefficient (Wildman–Crippen LogP) is 3.79. The van der Waals surface area contributed by atoms with Gasteiger partial charge in [0.05, 0.1) is 11.4 Å². The molecule has 0 amide bonds. The van der Waals surface area contributed by atoms with E-state index < -0.39 is 0 Å². The summed E-state index contributed by atoms with van der Waals surface area (Å²) in [5.74, 6) is 0. The van der Waals surface area contributed by atoms with Crippen molar-refractivity contribution in [2.45, 2.75) is 6.92 Å². The van der Waals surface area contributed by atoms with Gasteiger partial charge in [0.15, 0.2) is 0 Å². The second-order valence-corrected chi connectivity index (χ2v) is 5.02. The number of aryl methyl sites for hydroxylation is 1. The fourth-order valence-corrected chi connectivity index (χ4v) is 2.34. The van der Waals surface area contributed by atoms with E-state index in [2.05, 4.69) is 4.98 Å². The Morgan fingerprint density at radius 1 is 1.10 bits per heavy atom. The maximum atomic E-state index is 12.1. The number of hydrogen-bond acceptors (Lipinski definition) is 1. The van der Waals surface area contributed by atoms with Crippen LogP contribution in [0.25, 0.3) is 16.9 Å². The Hall–Kier alpha value is -2.26. The van der Waals surface area contributed by atoms with Gasteiger partial charge in [0.1, 0.15) is 0 Å². The van der Waals surface area contributed by atoms with Crippen LogP contribution >= 0.6 is 11.6 Å². The molecule has 3 rings (SSSR count). The van der Waals surface area contributed by atoms with E-state index in [1.165, 1.54) is 0 Å². The van der Waals surface area contributed by atoms with E-state index in [0.717, 1.165) is 22.5 Å². The van der Waals surface area contributed by atoms with Crippen LogP contribution in [-0.2, 0) is 0 Å². The number of rotatable bonds is 2. The molecule has 20 heavy (non-hydrogen) atoms. The highest BCUT2D eigenvalue weighted by Gasteiger charge is 2.11. The predicted molar refractivity (Wildman–Crippen MR) is 81.6 cm³/mol. The number of halogens is 1. The minimum atomic E-state index is -0.177. The van der Waals surface area contributed by atoms with E-state index in [-0.39, 0.29) is 5.69 Å². The Labute approximate surface area is 121 Å². The molecule has 4 heteroatoms. The van der Waals surface area contributed by atoms with Crippen LogP contribution in [0, 0.1) is 6.92 Å². The molecule has 2 aromatic carbocycles. The number of imidazole rings is 1. The average Bonchev–Trinajstić information content (AvgIpc) is 2.85. The van der Waals surface area contributed by atoms with Gasteiger partial charge in [-0.25, -0.2) is 4.79 Å². The molecule has 0 spiro atoms. The van der Waals surface area contributed by atoms with Crippen molar-refractivity contribution < 1.29 is 0 Å². The molecule has 0 atom stereocenters. The van der Waals surface area contributed by atoms with Gasteiger partial charge >= 0.3 is 5.69 Å². The molecule has 3 aromatic rings. The smallest absolute Gasteiger partial charge is 0.312 e. The molecule has 0 saturated heterocycles. The van der Waals surface area contributed by atoms with Crippen molar-refractivity contribution in [3.8, 4) is 16.9 Å². The summed E-state index contributed by atoms with van der Waals surface area (Å²) >= 11 is 6.16. The Bertz CT molecular complexity index is 803. The fraction of sp³-hybridized carbons (Fsp3) is 0.0625. The summed E-state index contributed by atoms with van der Waals surface area (Å²) in [7, 11) is 0. The number of aromatic nitrogens is 2. The van der Waals surface area contributed by atoms with Crippen LogP contribution in [0.3, 0.4) is 0 Å². The standard InChI is InChI=1S/C16H13ClN2O/c1-11-7-8-13(9-14(11)17)19-15(10-18-16(19)20)12-5-3-2-4-6-12/h2-10H,1H3,(H,18,20). The van der Waals surface area contributed by atoms with E-state index in [1.54, 1.807) is 16.8 Å². The maximum absolute atomic E-state index is 12.1. The third-order valence-electron chi connectivity index (χ3n) is 3.26. The zero-order valence-electron chi connectivity index (χ0n) is 10.9. The van der Waals surface area contributed by atoms with E-state index in [0.29, 0.717) is 5.02 Å². The van der Waals surface area contributed by atoms with Crippen molar-refractivity contribution >= 4 is 11.6 Å². The molecule has 0 unspecified atom stereocenters. The molecule has 0 fully saturated rings. The Morgan fingerprint density at radius 2 is 1.85 bits per heavy atom. The van der Waals surface area contributed by atoms with Gasteiger partial charge in [-0.3, -0.25) is 4.57 Å². The summed E-state index contributed by atoms with van der Waals surface area (Å²) in [6, 6.07) is 15.4. The average molecular weight is 285 g/mol. The van der Waals surface area contributed by atoms with Crippen LogP contribution in [0.15, 0.2) is 59.5 Å². The number of nitrogens with one attached hydrogen (secondary N) is 1. The lowest BCUT2D eigenvalue weighted by atomic mass is 10.1. The number of H-pyrrole nitrogens is 1. The lowest BCUT2D eigenvalue weighted by Gasteiger charge is -2.09. The number of benzene rings is 2. The first-order valence-electron chi connectivity index (χ1n) is 6.29. The van der Waals surface area contributed by atoms with Gasteiger partial charge in [-0.15, -0.1) is 0 Å². The molecular weight excluding hydrogens is 272 g/mol. The summed E-state index contributed by atoms with van der Waals surface area (Å²) in [6.07, 6.45) is 1.71. The molecule has 0 saturated carbocycles. The van der Waals surface area contributed by atoms with Crippen molar-refractivity contribution in [1.29, 1.82) is 0 Å². The van der Waals surface area contributed by atoms with Gasteiger partial charge in [-0.2, -0.15) is 0 Å². The summed E-state index contributed by atoms with van der Waals surface area (Å²) in [4.78, 5) is 14.8. The molecule has 1 N–H and O–H groups in total. The highest BCUT2D eigenvalue weighted by Crippen LogP contribution is 2.23. The number of aromatic amines is 1. The van der Waals surface area contributed by atoms with E-state index in [4.69, 9.17) is 11.6 Å². The molecule has 0 aliphatic carbocycles. The fourth-order valence-electron chi connectivity index (χ4n) is 2.17. The number of nitrogens with zero attached hydrogens (tertiary/aromatic N) is 1. The molecule has 0 aliphatic rings. The summed E-state index contributed by atoms with van der Waals surface area (Å²) < 4.78 is 1.63. The Kier molecular flexibility index (Phi) is 3.20. The van der Waals surface area contributed by atoms with Crippen molar-refractivity contribution in [3.05, 3.63) is 75.8 Å². The molecule has 0 aliphatic heterocycles.